The standard InChI is InChI=1S/C10H7FN2O2/c11-8-4-2-1-3-7(8)10(14)9-5-6-12-13(9)15/h1-6,15H. The minimum Gasteiger partial charge on any atom is -0.411 e. The quantitative estimate of drug-likeness (QED) is 0.598. The molecule has 0 aliphatic rings. The summed E-state index contributed by atoms with van der Waals surface area (Å²) in [5, 5.41) is 12.6. The maximum Gasteiger partial charge on any atom is 0.217 e. The Labute approximate surface area is 84.5 Å². The predicted molar refractivity (Wildman–Crippen MR) is 49.2 cm³/mol. The van der Waals surface area contributed by atoms with Crippen LogP contribution in [-0.2, 0) is 0 Å². The van der Waals surface area contributed by atoms with Gasteiger partial charge in [0.2, 0.25) is 5.78 Å². The normalized spacial score (nSPS) is 10.2. The van der Waals surface area contributed by atoms with E-state index in [-0.39, 0.29) is 11.3 Å². The van der Waals surface area contributed by atoms with Crippen molar-refractivity contribution >= 4 is 5.78 Å². The van der Waals surface area contributed by atoms with Crippen molar-refractivity contribution in [3.63, 3.8) is 0 Å². The van der Waals surface area contributed by atoms with Gasteiger partial charge in [0.1, 0.15) is 5.82 Å². The number of carbonyl (C=O) groups is 1. The van der Waals surface area contributed by atoms with Crippen LogP contribution in [0.2, 0.25) is 0 Å². The molecule has 0 amide bonds. The van der Waals surface area contributed by atoms with Gasteiger partial charge in [-0.1, -0.05) is 17.0 Å². The van der Waals surface area contributed by atoms with E-state index in [1.54, 1.807) is 6.07 Å². The molecular weight excluding hydrogens is 199 g/mol. The van der Waals surface area contributed by atoms with Crippen molar-refractivity contribution in [3.05, 3.63) is 53.6 Å². The lowest BCUT2D eigenvalue weighted by molar-refractivity contribution is 0.0946. The van der Waals surface area contributed by atoms with Crippen molar-refractivity contribution in [1.29, 1.82) is 0 Å². The average Bonchev–Trinajstić information content (AvgIpc) is 2.64. The van der Waals surface area contributed by atoms with Crippen LogP contribution in [0.15, 0.2) is 36.5 Å². The van der Waals surface area contributed by atoms with E-state index in [4.69, 9.17) is 5.21 Å². The summed E-state index contributed by atoms with van der Waals surface area (Å²) >= 11 is 0. The van der Waals surface area contributed by atoms with Crippen molar-refractivity contribution in [1.82, 2.24) is 9.94 Å². The second-order valence-electron chi connectivity index (χ2n) is 2.91. The van der Waals surface area contributed by atoms with Crippen molar-refractivity contribution < 1.29 is 14.4 Å². The molecule has 76 valence electrons. The highest BCUT2D eigenvalue weighted by atomic mass is 19.1. The molecule has 1 aromatic heterocycles. The van der Waals surface area contributed by atoms with Gasteiger partial charge in [-0.25, -0.2) is 4.39 Å². The highest BCUT2D eigenvalue weighted by Gasteiger charge is 2.17. The van der Waals surface area contributed by atoms with E-state index in [0.29, 0.717) is 4.85 Å². The second kappa shape index (κ2) is 3.53. The van der Waals surface area contributed by atoms with Gasteiger partial charge < -0.3 is 5.21 Å². The lowest BCUT2D eigenvalue weighted by atomic mass is 10.1. The molecule has 0 aliphatic carbocycles. The predicted octanol–water partition coefficient (Wildman–Crippen LogP) is 1.49. The van der Waals surface area contributed by atoms with Crippen LogP contribution < -0.4 is 0 Å². The molecule has 4 nitrogen and oxygen atoms in total. The van der Waals surface area contributed by atoms with Crippen LogP contribution in [0.4, 0.5) is 4.39 Å². The van der Waals surface area contributed by atoms with Gasteiger partial charge in [-0.15, -0.1) is 5.10 Å². The third-order valence-electron chi connectivity index (χ3n) is 1.98. The van der Waals surface area contributed by atoms with Gasteiger partial charge in [0.05, 0.1) is 11.8 Å². The van der Waals surface area contributed by atoms with Gasteiger partial charge in [-0.3, -0.25) is 4.79 Å². The average molecular weight is 206 g/mol. The van der Waals surface area contributed by atoms with Crippen molar-refractivity contribution in [2.45, 2.75) is 0 Å². The summed E-state index contributed by atoms with van der Waals surface area (Å²) < 4.78 is 13.2. The first-order valence-corrected chi connectivity index (χ1v) is 4.22. The Hall–Kier alpha value is -2.17. The summed E-state index contributed by atoms with van der Waals surface area (Å²) in [5.41, 5.74) is -0.159. The minimum absolute atomic E-state index is 0.0694. The lowest BCUT2D eigenvalue weighted by Crippen LogP contribution is -2.10. The third-order valence-corrected chi connectivity index (χ3v) is 1.98. The van der Waals surface area contributed by atoms with Crippen molar-refractivity contribution in [2.24, 2.45) is 0 Å². The van der Waals surface area contributed by atoms with Crippen LogP contribution in [-0.4, -0.2) is 20.9 Å². The Morgan fingerprint density at radius 1 is 1.33 bits per heavy atom. The van der Waals surface area contributed by atoms with Gasteiger partial charge in [-0.2, -0.15) is 0 Å². The molecule has 0 saturated heterocycles. The topological polar surface area (TPSA) is 55.1 Å². The number of halogens is 1. The minimum atomic E-state index is -0.622. The molecule has 0 spiro atoms. The van der Waals surface area contributed by atoms with Gasteiger partial charge >= 0.3 is 0 Å². The van der Waals surface area contributed by atoms with Crippen LogP contribution in [0.5, 0.6) is 0 Å². The smallest absolute Gasteiger partial charge is 0.217 e. The summed E-state index contributed by atoms with van der Waals surface area (Å²) in [7, 11) is 0. The van der Waals surface area contributed by atoms with E-state index in [9.17, 15) is 9.18 Å². The monoisotopic (exact) mass is 206 g/mol. The van der Waals surface area contributed by atoms with Crippen LogP contribution in [0.25, 0.3) is 0 Å². The zero-order valence-corrected chi connectivity index (χ0v) is 7.59. The van der Waals surface area contributed by atoms with Crippen molar-refractivity contribution in [2.75, 3.05) is 0 Å². The first-order valence-electron chi connectivity index (χ1n) is 4.22. The molecule has 15 heavy (non-hydrogen) atoms. The molecular formula is C10H7FN2O2. The number of carbonyl (C=O) groups excluding carboxylic acids is 1. The Balaban J connectivity index is 2.46. The Morgan fingerprint density at radius 2 is 2.07 bits per heavy atom. The summed E-state index contributed by atoms with van der Waals surface area (Å²) in [6, 6.07) is 6.89. The first-order chi connectivity index (χ1) is 7.20. The number of hydrogen-bond acceptors (Lipinski definition) is 3. The molecule has 2 aromatic rings. The Kier molecular flexibility index (Phi) is 2.21. The zero-order valence-electron chi connectivity index (χ0n) is 7.59. The summed E-state index contributed by atoms with van der Waals surface area (Å²) in [6.45, 7) is 0. The molecule has 0 saturated carbocycles. The van der Waals surface area contributed by atoms with E-state index in [1.807, 2.05) is 0 Å². The number of aromatic nitrogens is 2. The molecule has 0 fully saturated rings. The summed E-state index contributed by atoms with van der Waals surface area (Å²) in [6.07, 6.45) is 1.26. The molecule has 0 aliphatic heterocycles. The molecule has 1 N–H and O–H groups in total. The molecule has 1 heterocycles. The molecule has 2 rings (SSSR count). The molecule has 0 unspecified atom stereocenters. The fraction of sp³-hybridized carbons (Fsp3) is 0. The number of rotatable bonds is 2. The van der Waals surface area contributed by atoms with E-state index in [1.165, 1.54) is 30.5 Å². The highest BCUT2D eigenvalue weighted by Crippen LogP contribution is 2.12. The fourth-order valence-corrected chi connectivity index (χ4v) is 1.25. The Bertz CT molecular complexity index is 508. The SMILES string of the molecule is O=C(c1ccccc1F)c1ccnn1O. The summed E-state index contributed by atoms with van der Waals surface area (Å²) in [5.74, 6) is -1.23. The first kappa shape index (κ1) is 9.39. The van der Waals surface area contributed by atoms with E-state index in [2.05, 4.69) is 5.10 Å². The molecule has 0 bridgehead atoms. The maximum atomic E-state index is 13.2. The zero-order chi connectivity index (χ0) is 10.8. The molecule has 5 heteroatoms. The third kappa shape index (κ3) is 1.59. The van der Waals surface area contributed by atoms with Gasteiger partial charge in [0.25, 0.3) is 0 Å². The lowest BCUT2D eigenvalue weighted by Gasteiger charge is -2.00. The summed E-state index contributed by atoms with van der Waals surface area (Å²) in [4.78, 5) is 12.1. The van der Waals surface area contributed by atoms with Crippen molar-refractivity contribution in [3.8, 4) is 0 Å². The van der Waals surface area contributed by atoms with Gasteiger partial charge in [0, 0.05) is 0 Å². The number of nitrogens with zero attached hydrogens (tertiary/aromatic N) is 2. The van der Waals surface area contributed by atoms with Crippen LogP contribution in [0, 0.1) is 5.82 Å². The maximum absolute atomic E-state index is 13.2. The largest absolute Gasteiger partial charge is 0.411 e. The van der Waals surface area contributed by atoms with Gasteiger partial charge in [0.15, 0.2) is 5.69 Å². The van der Waals surface area contributed by atoms with E-state index in [0.717, 1.165) is 0 Å². The van der Waals surface area contributed by atoms with E-state index < -0.39 is 11.6 Å². The second-order valence-corrected chi connectivity index (χ2v) is 2.91. The number of ketones is 1. The molecule has 1 aromatic carbocycles. The Morgan fingerprint density at radius 3 is 2.67 bits per heavy atom. The molecule has 0 atom stereocenters. The number of benzene rings is 1. The fourth-order valence-electron chi connectivity index (χ4n) is 1.25. The van der Waals surface area contributed by atoms with Gasteiger partial charge in [-0.05, 0) is 18.2 Å². The van der Waals surface area contributed by atoms with Crippen LogP contribution >= 0.6 is 0 Å². The van der Waals surface area contributed by atoms with Crippen LogP contribution in [0.3, 0.4) is 0 Å². The van der Waals surface area contributed by atoms with E-state index >= 15 is 0 Å². The number of hydrogen-bond donors (Lipinski definition) is 1. The van der Waals surface area contributed by atoms with Crippen LogP contribution in [0.1, 0.15) is 16.1 Å². The molecule has 0 radical (unpaired) electrons. The highest BCUT2D eigenvalue weighted by molar-refractivity contribution is 6.07.